The van der Waals surface area contributed by atoms with Crippen LogP contribution in [0.25, 0.3) is 0 Å². The molecule has 34 heavy (non-hydrogen) atoms. The smallest absolute Gasteiger partial charge is 0.251 e. The highest BCUT2D eigenvalue weighted by molar-refractivity contribution is 5.94. The van der Waals surface area contributed by atoms with Crippen LogP contribution in [0.5, 0.6) is 0 Å². The SMILES string of the molecule is CC(C)(C)c1ccc(C(=O)NC[C@@H]2CCC[C@@H](CNC(=O)c3ccc(C(C)(C)C)cc3)C2)cc1. The summed E-state index contributed by atoms with van der Waals surface area (Å²) in [6.45, 7) is 14.4. The van der Waals surface area contributed by atoms with E-state index in [1.165, 1.54) is 11.1 Å². The zero-order chi connectivity index (χ0) is 24.9. The number of carbonyl (C=O) groups is 2. The van der Waals surface area contributed by atoms with Crippen LogP contribution >= 0.6 is 0 Å². The van der Waals surface area contributed by atoms with Crippen molar-refractivity contribution >= 4 is 11.8 Å². The molecule has 1 fully saturated rings. The quantitative estimate of drug-likeness (QED) is 0.533. The van der Waals surface area contributed by atoms with Crippen molar-refractivity contribution in [2.45, 2.75) is 78.1 Å². The molecule has 184 valence electrons. The van der Waals surface area contributed by atoms with E-state index in [0.717, 1.165) is 25.7 Å². The van der Waals surface area contributed by atoms with E-state index in [2.05, 4.69) is 52.2 Å². The Balaban J connectivity index is 1.45. The first kappa shape index (κ1) is 26.0. The van der Waals surface area contributed by atoms with Crippen LogP contribution < -0.4 is 10.6 Å². The van der Waals surface area contributed by atoms with Crippen LogP contribution in [0, 0.1) is 11.8 Å². The number of amides is 2. The van der Waals surface area contributed by atoms with Crippen molar-refractivity contribution in [1.29, 1.82) is 0 Å². The highest BCUT2D eigenvalue weighted by atomic mass is 16.2. The number of nitrogens with one attached hydrogen (secondary N) is 2. The van der Waals surface area contributed by atoms with Crippen molar-refractivity contribution < 1.29 is 9.59 Å². The standard InChI is InChI=1S/C30H42N2O2/c1-29(2,3)25-14-10-23(11-15-25)27(33)31-19-21-8-7-9-22(18-21)20-32-28(34)24-12-16-26(17-13-24)30(4,5)6/h10-17,21-22H,7-9,18-20H2,1-6H3,(H,31,33)(H,32,34)/t21-,22-/m1/s1. The van der Waals surface area contributed by atoms with Gasteiger partial charge in [-0.25, -0.2) is 0 Å². The molecule has 2 aromatic carbocycles. The fourth-order valence-corrected chi connectivity index (χ4v) is 4.69. The largest absolute Gasteiger partial charge is 0.352 e. The first-order valence-electron chi connectivity index (χ1n) is 12.7. The minimum atomic E-state index is -0.00501. The molecular weight excluding hydrogens is 420 g/mol. The van der Waals surface area contributed by atoms with E-state index in [9.17, 15) is 9.59 Å². The van der Waals surface area contributed by atoms with Gasteiger partial charge >= 0.3 is 0 Å². The van der Waals surface area contributed by atoms with Crippen molar-refractivity contribution in [2.24, 2.45) is 11.8 Å². The Morgan fingerprint density at radius 1 is 0.676 bits per heavy atom. The summed E-state index contributed by atoms with van der Waals surface area (Å²) in [7, 11) is 0. The lowest BCUT2D eigenvalue weighted by atomic mass is 9.81. The van der Waals surface area contributed by atoms with Gasteiger partial charge in [-0.2, -0.15) is 0 Å². The predicted octanol–water partition coefficient (Wildman–Crippen LogP) is 6.25. The Labute approximate surface area is 205 Å². The molecule has 2 N–H and O–H groups in total. The summed E-state index contributed by atoms with van der Waals surface area (Å²) in [5.41, 5.74) is 4.04. The lowest BCUT2D eigenvalue weighted by molar-refractivity contribution is 0.0935. The third-order valence-corrected chi connectivity index (χ3v) is 7.02. The van der Waals surface area contributed by atoms with Crippen LogP contribution in [0.3, 0.4) is 0 Å². The fraction of sp³-hybridized carbons (Fsp3) is 0.533. The maximum absolute atomic E-state index is 12.6. The highest BCUT2D eigenvalue weighted by Gasteiger charge is 2.23. The van der Waals surface area contributed by atoms with Gasteiger partial charge in [-0.3, -0.25) is 9.59 Å². The molecule has 4 heteroatoms. The minimum absolute atomic E-state index is 0.00501. The summed E-state index contributed by atoms with van der Waals surface area (Å²) in [6, 6.07) is 15.9. The minimum Gasteiger partial charge on any atom is -0.352 e. The zero-order valence-corrected chi connectivity index (χ0v) is 21.8. The Morgan fingerprint density at radius 3 is 1.35 bits per heavy atom. The Kier molecular flexibility index (Phi) is 8.22. The topological polar surface area (TPSA) is 58.2 Å². The molecule has 0 aromatic heterocycles. The molecule has 1 saturated carbocycles. The van der Waals surface area contributed by atoms with Gasteiger partial charge in [0.05, 0.1) is 0 Å². The number of hydrogen-bond acceptors (Lipinski definition) is 2. The molecule has 0 unspecified atom stereocenters. The van der Waals surface area contributed by atoms with Crippen LogP contribution in [0.15, 0.2) is 48.5 Å². The van der Waals surface area contributed by atoms with Gasteiger partial charge in [0.1, 0.15) is 0 Å². The molecule has 1 aliphatic carbocycles. The van der Waals surface area contributed by atoms with Gasteiger partial charge in [0, 0.05) is 24.2 Å². The summed E-state index contributed by atoms with van der Waals surface area (Å²) in [5, 5.41) is 6.26. The van der Waals surface area contributed by atoms with Gasteiger partial charge in [0.25, 0.3) is 11.8 Å². The van der Waals surface area contributed by atoms with E-state index in [0.29, 0.717) is 36.1 Å². The number of hydrogen-bond donors (Lipinski definition) is 2. The molecule has 0 aliphatic heterocycles. The summed E-state index contributed by atoms with van der Waals surface area (Å²) >= 11 is 0. The average Bonchev–Trinajstić information content (AvgIpc) is 2.80. The van der Waals surface area contributed by atoms with Crippen molar-refractivity contribution in [3.05, 3.63) is 70.8 Å². The second-order valence-corrected chi connectivity index (χ2v) is 12.0. The molecule has 0 spiro atoms. The second-order valence-electron chi connectivity index (χ2n) is 12.0. The van der Waals surface area contributed by atoms with Gasteiger partial charge < -0.3 is 10.6 Å². The fourth-order valence-electron chi connectivity index (χ4n) is 4.69. The predicted molar refractivity (Wildman–Crippen MR) is 140 cm³/mol. The van der Waals surface area contributed by atoms with Crippen molar-refractivity contribution in [2.75, 3.05) is 13.1 Å². The molecule has 3 rings (SSSR count). The van der Waals surface area contributed by atoms with Crippen LogP contribution in [-0.4, -0.2) is 24.9 Å². The number of carbonyl (C=O) groups excluding carboxylic acids is 2. The maximum Gasteiger partial charge on any atom is 0.251 e. The molecule has 2 aromatic rings. The summed E-state index contributed by atoms with van der Waals surface area (Å²) in [4.78, 5) is 25.2. The molecule has 0 saturated heterocycles. The van der Waals surface area contributed by atoms with Gasteiger partial charge in [0.15, 0.2) is 0 Å². The Morgan fingerprint density at radius 2 is 1.03 bits per heavy atom. The van der Waals surface area contributed by atoms with Gasteiger partial charge in [-0.05, 0) is 77.3 Å². The highest BCUT2D eigenvalue weighted by Crippen LogP contribution is 2.29. The van der Waals surface area contributed by atoms with Gasteiger partial charge in [-0.15, -0.1) is 0 Å². The number of benzene rings is 2. The lowest BCUT2D eigenvalue weighted by Crippen LogP contribution is -2.35. The molecule has 2 amide bonds. The normalized spacial score (nSPS) is 18.9. The van der Waals surface area contributed by atoms with Crippen molar-refractivity contribution in [3.8, 4) is 0 Å². The molecule has 0 radical (unpaired) electrons. The van der Waals surface area contributed by atoms with Crippen molar-refractivity contribution in [1.82, 2.24) is 10.6 Å². The van der Waals surface area contributed by atoms with Crippen molar-refractivity contribution in [3.63, 3.8) is 0 Å². The molecule has 4 nitrogen and oxygen atoms in total. The first-order chi connectivity index (χ1) is 15.9. The van der Waals surface area contributed by atoms with E-state index in [-0.39, 0.29) is 22.6 Å². The van der Waals surface area contributed by atoms with Crippen LogP contribution in [0.1, 0.15) is 99.1 Å². The zero-order valence-electron chi connectivity index (χ0n) is 21.8. The summed E-state index contributed by atoms with van der Waals surface area (Å²) in [6.07, 6.45) is 4.43. The summed E-state index contributed by atoms with van der Waals surface area (Å²) < 4.78 is 0. The third kappa shape index (κ3) is 7.19. The molecule has 0 heterocycles. The summed E-state index contributed by atoms with van der Waals surface area (Å²) in [5.74, 6) is 0.906. The van der Waals surface area contributed by atoms with E-state index >= 15 is 0 Å². The molecule has 0 bridgehead atoms. The lowest BCUT2D eigenvalue weighted by Gasteiger charge is -2.29. The van der Waals surface area contributed by atoms with E-state index < -0.39 is 0 Å². The Hall–Kier alpha value is -2.62. The van der Waals surface area contributed by atoms with Gasteiger partial charge in [-0.1, -0.05) is 72.2 Å². The maximum atomic E-state index is 12.6. The molecule has 1 aliphatic rings. The molecular formula is C30H42N2O2. The van der Waals surface area contributed by atoms with E-state index in [4.69, 9.17) is 0 Å². The average molecular weight is 463 g/mol. The second kappa shape index (κ2) is 10.8. The molecule has 2 atom stereocenters. The van der Waals surface area contributed by atoms with Crippen LogP contribution in [0.2, 0.25) is 0 Å². The van der Waals surface area contributed by atoms with Crippen LogP contribution in [-0.2, 0) is 10.8 Å². The first-order valence-corrected chi connectivity index (χ1v) is 12.7. The monoisotopic (exact) mass is 462 g/mol. The third-order valence-electron chi connectivity index (χ3n) is 7.02. The van der Waals surface area contributed by atoms with E-state index in [1.54, 1.807) is 0 Å². The number of rotatable bonds is 6. The van der Waals surface area contributed by atoms with Crippen LogP contribution in [0.4, 0.5) is 0 Å². The van der Waals surface area contributed by atoms with Gasteiger partial charge in [0.2, 0.25) is 0 Å². The van der Waals surface area contributed by atoms with E-state index in [1.807, 2.05) is 48.5 Å². The Bertz CT molecular complexity index is 883.